The molecule has 0 radical (unpaired) electrons. The Morgan fingerprint density at radius 3 is 2.64 bits per heavy atom. The molecule has 0 saturated heterocycles. The Bertz CT molecular complexity index is 967. The van der Waals surface area contributed by atoms with Gasteiger partial charge in [-0.2, -0.15) is 0 Å². The molecule has 0 aliphatic rings. The quantitative estimate of drug-likeness (QED) is 0.475. The first-order chi connectivity index (χ1) is 12.0. The lowest BCUT2D eigenvalue weighted by Gasteiger charge is -2.05. The number of carbonyl (C=O) groups excluding carboxylic acids is 2. The first-order valence-electron chi connectivity index (χ1n) is 7.22. The van der Waals surface area contributed by atoms with E-state index in [2.05, 4.69) is 0 Å². The van der Waals surface area contributed by atoms with Crippen LogP contribution in [0.2, 0.25) is 5.02 Å². The number of ketones is 1. The Morgan fingerprint density at radius 1 is 1.20 bits per heavy atom. The van der Waals surface area contributed by atoms with E-state index in [4.69, 9.17) is 21.1 Å². The molecule has 0 saturated carbocycles. The topological polar surface area (TPSA) is 52.6 Å². The highest BCUT2D eigenvalue weighted by molar-refractivity contribution is 7.21. The second-order valence-corrected chi connectivity index (χ2v) is 6.52. The van der Waals surface area contributed by atoms with Crippen LogP contribution in [0.5, 0.6) is 5.75 Å². The minimum atomic E-state index is -0.687. The second kappa shape index (κ2) is 7.21. The fourth-order valence-corrected chi connectivity index (χ4v) is 3.67. The van der Waals surface area contributed by atoms with Gasteiger partial charge < -0.3 is 9.47 Å². The number of halogens is 2. The van der Waals surface area contributed by atoms with Crippen molar-refractivity contribution in [1.29, 1.82) is 0 Å². The first kappa shape index (κ1) is 17.4. The van der Waals surface area contributed by atoms with Crippen molar-refractivity contribution < 1.29 is 23.5 Å². The van der Waals surface area contributed by atoms with E-state index in [9.17, 15) is 14.0 Å². The van der Waals surface area contributed by atoms with Crippen LogP contribution in [-0.2, 0) is 4.74 Å². The van der Waals surface area contributed by atoms with E-state index in [0.717, 1.165) is 16.2 Å². The van der Waals surface area contributed by atoms with Crippen LogP contribution in [0, 0.1) is 5.82 Å². The van der Waals surface area contributed by atoms with Crippen molar-refractivity contribution in [1.82, 2.24) is 0 Å². The van der Waals surface area contributed by atoms with Crippen molar-refractivity contribution in [2.75, 3.05) is 13.7 Å². The maximum Gasteiger partial charge on any atom is 0.350 e. The lowest BCUT2D eigenvalue weighted by Crippen LogP contribution is -2.14. The lowest BCUT2D eigenvalue weighted by molar-refractivity contribution is 0.0480. The number of Topliss-reactive ketones (excluding diaryl/α,β-unsaturated/α-hetero) is 1. The van der Waals surface area contributed by atoms with Gasteiger partial charge in [0.25, 0.3) is 0 Å². The molecule has 2 aromatic carbocycles. The van der Waals surface area contributed by atoms with Gasteiger partial charge in [-0.15, -0.1) is 11.3 Å². The van der Waals surface area contributed by atoms with Crippen LogP contribution in [0.1, 0.15) is 20.0 Å². The number of thiophene rings is 1. The zero-order chi connectivity index (χ0) is 18.0. The smallest absolute Gasteiger partial charge is 0.350 e. The molecule has 0 aliphatic heterocycles. The third kappa shape index (κ3) is 3.50. The number of hydrogen-bond donors (Lipinski definition) is 0. The summed E-state index contributed by atoms with van der Waals surface area (Å²) in [5.41, 5.74) is 0.0912. The Balaban J connectivity index is 1.72. The lowest BCUT2D eigenvalue weighted by atomic mass is 10.1. The highest BCUT2D eigenvalue weighted by atomic mass is 35.5. The van der Waals surface area contributed by atoms with Gasteiger partial charge in [-0.3, -0.25) is 4.79 Å². The highest BCUT2D eigenvalue weighted by Gasteiger charge is 2.20. The third-order valence-corrected chi connectivity index (χ3v) is 5.18. The molecule has 3 rings (SSSR count). The molecular formula is C18H12ClFO4S. The Labute approximate surface area is 151 Å². The van der Waals surface area contributed by atoms with E-state index in [-0.39, 0.29) is 16.2 Å². The van der Waals surface area contributed by atoms with E-state index in [0.29, 0.717) is 5.02 Å². The van der Waals surface area contributed by atoms with Gasteiger partial charge in [0, 0.05) is 15.6 Å². The SMILES string of the molecule is COc1ccc(C(=O)COC(=O)c2sc3ccccc3c2Cl)cc1F. The van der Waals surface area contributed by atoms with E-state index >= 15 is 0 Å². The van der Waals surface area contributed by atoms with Crippen LogP contribution in [0.3, 0.4) is 0 Å². The largest absolute Gasteiger partial charge is 0.494 e. The summed E-state index contributed by atoms with van der Waals surface area (Å²) in [5, 5.41) is 1.05. The first-order valence-corrected chi connectivity index (χ1v) is 8.41. The second-order valence-electron chi connectivity index (χ2n) is 5.09. The Kier molecular flexibility index (Phi) is 5.01. The molecule has 0 fully saturated rings. The van der Waals surface area contributed by atoms with Crippen LogP contribution in [0.15, 0.2) is 42.5 Å². The van der Waals surface area contributed by atoms with Gasteiger partial charge in [0.1, 0.15) is 4.88 Å². The molecule has 0 N–H and O–H groups in total. The summed E-state index contributed by atoms with van der Waals surface area (Å²) in [6.45, 7) is -0.505. The van der Waals surface area contributed by atoms with E-state index in [1.165, 1.54) is 30.6 Å². The average Bonchev–Trinajstić information content (AvgIpc) is 2.96. The molecule has 0 amide bonds. The molecule has 4 nitrogen and oxygen atoms in total. The van der Waals surface area contributed by atoms with Crippen molar-refractivity contribution in [3.63, 3.8) is 0 Å². The molecular weight excluding hydrogens is 367 g/mol. The summed E-state index contributed by atoms with van der Waals surface area (Å²) in [5.74, 6) is -1.83. The fraction of sp³-hybridized carbons (Fsp3) is 0.111. The standard InChI is InChI=1S/C18H12ClFO4S/c1-23-14-7-6-10(8-12(14)20)13(21)9-24-18(22)17-16(19)11-4-2-3-5-15(11)25-17/h2-8H,9H2,1H3. The number of esters is 1. The van der Waals surface area contributed by atoms with E-state index in [1.807, 2.05) is 18.2 Å². The number of carbonyl (C=O) groups is 2. The summed E-state index contributed by atoms with van der Waals surface area (Å²) >= 11 is 7.39. The Hall–Kier alpha value is -2.44. The molecule has 0 spiro atoms. The van der Waals surface area contributed by atoms with E-state index in [1.54, 1.807) is 6.07 Å². The molecule has 0 atom stereocenters. The van der Waals surface area contributed by atoms with Crippen molar-refractivity contribution in [2.45, 2.75) is 0 Å². The van der Waals surface area contributed by atoms with Gasteiger partial charge in [-0.1, -0.05) is 29.8 Å². The number of benzene rings is 2. The number of rotatable bonds is 5. The fourth-order valence-electron chi connectivity index (χ4n) is 2.27. The van der Waals surface area contributed by atoms with Crippen molar-refractivity contribution in [3.05, 3.63) is 63.7 Å². The van der Waals surface area contributed by atoms with Gasteiger partial charge in [-0.05, 0) is 24.3 Å². The molecule has 0 bridgehead atoms. The molecule has 128 valence electrons. The number of fused-ring (bicyclic) bond motifs is 1. The zero-order valence-electron chi connectivity index (χ0n) is 13.0. The highest BCUT2D eigenvalue weighted by Crippen LogP contribution is 2.35. The molecule has 25 heavy (non-hydrogen) atoms. The van der Waals surface area contributed by atoms with Crippen LogP contribution >= 0.6 is 22.9 Å². The van der Waals surface area contributed by atoms with Crippen LogP contribution in [0.25, 0.3) is 10.1 Å². The van der Waals surface area contributed by atoms with Gasteiger partial charge in [0.05, 0.1) is 12.1 Å². The average molecular weight is 379 g/mol. The van der Waals surface area contributed by atoms with Crippen LogP contribution < -0.4 is 4.74 Å². The van der Waals surface area contributed by atoms with Crippen molar-refractivity contribution in [3.8, 4) is 5.75 Å². The summed E-state index contributed by atoms with van der Waals surface area (Å²) < 4.78 is 24.3. The van der Waals surface area contributed by atoms with Crippen molar-refractivity contribution >= 4 is 44.8 Å². The maximum atomic E-state index is 13.6. The van der Waals surface area contributed by atoms with Crippen LogP contribution in [-0.4, -0.2) is 25.5 Å². The minimum absolute atomic E-state index is 0.0330. The number of methoxy groups -OCH3 is 1. The maximum absolute atomic E-state index is 13.6. The molecule has 7 heteroatoms. The summed E-state index contributed by atoms with van der Waals surface area (Å²) in [6.07, 6.45) is 0. The predicted molar refractivity (Wildman–Crippen MR) is 94.4 cm³/mol. The predicted octanol–water partition coefficient (Wildman–Crippen LogP) is 4.74. The van der Waals surface area contributed by atoms with Crippen LogP contribution in [0.4, 0.5) is 4.39 Å². The van der Waals surface area contributed by atoms with Gasteiger partial charge >= 0.3 is 5.97 Å². The van der Waals surface area contributed by atoms with E-state index < -0.39 is 24.2 Å². The number of hydrogen-bond acceptors (Lipinski definition) is 5. The zero-order valence-corrected chi connectivity index (χ0v) is 14.6. The monoisotopic (exact) mass is 378 g/mol. The third-order valence-electron chi connectivity index (χ3n) is 3.53. The van der Waals surface area contributed by atoms with Gasteiger partial charge in [0.2, 0.25) is 0 Å². The number of ether oxygens (including phenoxy) is 2. The molecule has 3 aromatic rings. The summed E-state index contributed by atoms with van der Waals surface area (Å²) in [4.78, 5) is 24.5. The summed E-state index contributed by atoms with van der Waals surface area (Å²) in [6, 6.07) is 11.1. The summed E-state index contributed by atoms with van der Waals surface area (Å²) in [7, 11) is 1.33. The Morgan fingerprint density at radius 2 is 1.96 bits per heavy atom. The normalized spacial score (nSPS) is 10.7. The van der Waals surface area contributed by atoms with Gasteiger partial charge in [-0.25, -0.2) is 9.18 Å². The molecule has 1 aromatic heterocycles. The molecule has 0 aliphatic carbocycles. The van der Waals surface area contributed by atoms with Crippen molar-refractivity contribution in [2.24, 2.45) is 0 Å². The van der Waals surface area contributed by atoms with Gasteiger partial charge in [0.15, 0.2) is 24.0 Å². The minimum Gasteiger partial charge on any atom is -0.494 e. The molecule has 0 unspecified atom stereocenters. The molecule has 1 heterocycles.